The zero-order valence-electron chi connectivity index (χ0n) is 4.34. The smallest absolute Gasteiger partial charge is 0.267 e. The number of hydrogen-bond acceptors (Lipinski definition) is 2. The number of carbonyl (C=O) groups is 1. The summed E-state index contributed by atoms with van der Waals surface area (Å²) in [7, 11) is -1.41. The van der Waals surface area contributed by atoms with Gasteiger partial charge in [-0.15, -0.1) is 20.7 Å². The number of nitrogens with two attached hydrogens (primary N) is 1. The Morgan fingerprint density at radius 1 is 1.71 bits per heavy atom. The highest BCUT2D eigenvalue weighted by Crippen LogP contribution is 2.43. The van der Waals surface area contributed by atoms with Gasteiger partial charge in [-0.25, -0.2) is 0 Å². The molecule has 7 heavy (non-hydrogen) atoms. The summed E-state index contributed by atoms with van der Waals surface area (Å²) in [5.74, 6) is 0. The third-order valence-electron chi connectivity index (χ3n) is 0.492. The molecule has 0 aliphatic carbocycles. The van der Waals surface area contributed by atoms with Gasteiger partial charge in [0.1, 0.15) is 0 Å². The standard InChI is InChI=1S/C3H9NOS2/c1-7(2,6)3(4)5/h6H,1-2H3,(H2,4,5). The van der Waals surface area contributed by atoms with Crippen molar-refractivity contribution in [3.8, 4) is 0 Å². The minimum absolute atomic E-state index is 0.309. The lowest BCUT2D eigenvalue weighted by molar-refractivity contribution is 0.267. The van der Waals surface area contributed by atoms with Crippen LogP contribution in [0.1, 0.15) is 0 Å². The Kier molecular flexibility index (Phi) is 2.01. The van der Waals surface area contributed by atoms with Gasteiger partial charge in [-0.2, -0.15) is 0 Å². The minimum atomic E-state index is -1.41. The van der Waals surface area contributed by atoms with Crippen molar-refractivity contribution in [2.45, 2.75) is 0 Å². The van der Waals surface area contributed by atoms with Crippen LogP contribution >= 0.6 is 20.7 Å². The molecule has 0 saturated heterocycles. The molecule has 0 aromatic rings. The van der Waals surface area contributed by atoms with E-state index in [0.29, 0.717) is 0 Å². The molecule has 0 heterocycles. The Hall–Kier alpha value is 0.170. The van der Waals surface area contributed by atoms with E-state index in [1.54, 1.807) is 12.5 Å². The monoisotopic (exact) mass is 139 g/mol. The lowest BCUT2D eigenvalue weighted by Gasteiger charge is -2.16. The van der Waals surface area contributed by atoms with E-state index in [0.717, 1.165) is 0 Å². The number of primary amides is 1. The van der Waals surface area contributed by atoms with Gasteiger partial charge in [0.05, 0.1) is 0 Å². The van der Waals surface area contributed by atoms with Gasteiger partial charge in [-0.1, -0.05) is 0 Å². The first-order valence-corrected chi connectivity index (χ1v) is 5.20. The molecular formula is C3H9NOS2. The molecule has 2 N–H and O–H groups in total. The van der Waals surface area contributed by atoms with Gasteiger partial charge in [-0.3, -0.25) is 4.79 Å². The predicted molar refractivity (Wildman–Crippen MR) is 38.0 cm³/mol. The Bertz CT molecular complexity index is 85.4. The molecule has 4 heteroatoms. The van der Waals surface area contributed by atoms with Gasteiger partial charge in [0, 0.05) is 0 Å². The summed E-state index contributed by atoms with van der Waals surface area (Å²) >= 11 is 3.96. The zero-order chi connectivity index (χ0) is 6.08. The molecule has 0 bridgehead atoms. The normalized spacial score (nSPS) is 13.6. The van der Waals surface area contributed by atoms with E-state index >= 15 is 0 Å². The largest absolute Gasteiger partial charge is 0.361 e. The first kappa shape index (κ1) is 7.17. The third-order valence-corrected chi connectivity index (χ3v) is 2.02. The fraction of sp³-hybridized carbons (Fsp3) is 0.667. The van der Waals surface area contributed by atoms with Crippen LogP contribution in [-0.4, -0.2) is 17.8 Å². The molecule has 0 aliphatic heterocycles. The number of thiol groups is 1. The highest BCUT2D eigenvalue weighted by atomic mass is 33.1. The third kappa shape index (κ3) is 2.82. The molecule has 0 aliphatic rings. The SMILES string of the molecule is CS(C)(S)C(N)=O. The Morgan fingerprint density at radius 2 is 1.86 bits per heavy atom. The Balaban J connectivity index is 3.79. The molecule has 0 radical (unpaired) electrons. The maximum atomic E-state index is 10.2. The van der Waals surface area contributed by atoms with Gasteiger partial charge >= 0.3 is 0 Å². The van der Waals surface area contributed by atoms with Crippen molar-refractivity contribution in [3.05, 3.63) is 0 Å². The minimum Gasteiger partial charge on any atom is -0.361 e. The maximum Gasteiger partial charge on any atom is 0.267 e. The van der Waals surface area contributed by atoms with Gasteiger partial charge in [0.2, 0.25) is 0 Å². The van der Waals surface area contributed by atoms with Crippen molar-refractivity contribution in [2.24, 2.45) is 5.73 Å². The molecular weight excluding hydrogens is 130 g/mol. The lowest BCUT2D eigenvalue weighted by Crippen LogP contribution is -2.12. The van der Waals surface area contributed by atoms with E-state index < -0.39 is 9.06 Å². The van der Waals surface area contributed by atoms with E-state index in [-0.39, 0.29) is 5.24 Å². The van der Waals surface area contributed by atoms with Crippen LogP contribution in [0, 0.1) is 0 Å². The highest BCUT2D eigenvalue weighted by molar-refractivity contribution is 8.93. The molecule has 0 aromatic heterocycles. The van der Waals surface area contributed by atoms with Crippen LogP contribution in [0.25, 0.3) is 0 Å². The van der Waals surface area contributed by atoms with Crippen molar-refractivity contribution in [1.82, 2.24) is 0 Å². The maximum absolute atomic E-state index is 10.2. The lowest BCUT2D eigenvalue weighted by atomic mass is 11.5. The molecule has 0 spiro atoms. The molecule has 1 amide bonds. The molecule has 0 unspecified atom stereocenters. The second-order valence-corrected chi connectivity index (χ2v) is 7.28. The van der Waals surface area contributed by atoms with E-state index in [4.69, 9.17) is 5.73 Å². The van der Waals surface area contributed by atoms with Crippen LogP contribution in [-0.2, 0) is 0 Å². The summed E-state index contributed by atoms with van der Waals surface area (Å²) in [4.78, 5) is 10.2. The van der Waals surface area contributed by atoms with Gasteiger partial charge in [0.15, 0.2) is 0 Å². The van der Waals surface area contributed by atoms with Crippen molar-refractivity contribution in [1.29, 1.82) is 0 Å². The van der Waals surface area contributed by atoms with Gasteiger partial charge in [0.25, 0.3) is 5.24 Å². The molecule has 0 saturated carbocycles. The average Bonchev–Trinajstić information content (AvgIpc) is 1.31. The van der Waals surface area contributed by atoms with Crippen molar-refractivity contribution in [3.63, 3.8) is 0 Å². The average molecular weight is 139 g/mol. The van der Waals surface area contributed by atoms with Crippen molar-refractivity contribution >= 4 is 26.0 Å². The molecule has 0 rings (SSSR count). The van der Waals surface area contributed by atoms with Gasteiger partial charge in [-0.05, 0) is 12.5 Å². The summed E-state index contributed by atoms with van der Waals surface area (Å²) in [6, 6.07) is 0. The second kappa shape index (κ2) is 1.96. The number of carbonyl (C=O) groups excluding carboxylic acids is 1. The topological polar surface area (TPSA) is 43.1 Å². The van der Waals surface area contributed by atoms with Gasteiger partial charge < -0.3 is 5.73 Å². The summed E-state index contributed by atoms with van der Waals surface area (Å²) in [6.07, 6.45) is 3.47. The van der Waals surface area contributed by atoms with E-state index in [1.165, 1.54) is 0 Å². The van der Waals surface area contributed by atoms with E-state index in [1.807, 2.05) is 0 Å². The molecule has 0 atom stereocenters. The summed E-state index contributed by atoms with van der Waals surface area (Å²) < 4.78 is 0. The summed E-state index contributed by atoms with van der Waals surface area (Å²) in [5, 5.41) is -0.309. The molecule has 2 nitrogen and oxygen atoms in total. The van der Waals surface area contributed by atoms with Crippen LogP contribution in [0.4, 0.5) is 4.79 Å². The van der Waals surface area contributed by atoms with Crippen molar-refractivity contribution < 1.29 is 4.79 Å². The Morgan fingerprint density at radius 3 is 1.86 bits per heavy atom. The first-order chi connectivity index (χ1) is 2.94. The second-order valence-electron chi connectivity index (χ2n) is 1.59. The fourth-order valence-corrected chi connectivity index (χ4v) is 0. The van der Waals surface area contributed by atoms with Crippen LogP contribution in [0.2, 0.25) is 0 Å². The zero-order valence-corrected chi connectivity index (χ0v) is 6.05. The van der Waals surface area contributed by atoms with Crippen LogP contribution < -0.4 is 5.73 Å². The summed E-state index contributed by atoms with van der Waals surface area (Å²) in [6.45, 7) is 0. The van der Waals surface area contributed by atoms with Crippen LogP contribution in [0.3, 0.4) is 0 Å². The molecule has 0 aromatic carbocycles. The number of rotatable bonds is 0. The first-order valence-electron chi connectivity index (χ1n) is 1.70. The quantitative estimate of drug-likeness (QED) is 0.381. The Labute approximate surface area is 49.6 Å². The number of amides is 1. The highest BCUT2D eigenvalue weighted by Gasteiger charge is 2.10. The molecule has 0 fully saturated rings. The van der Waals surface area contributed by atoms with E-state index in [2.05, 4.69) is 11.7 Å². The van der Waals surface area contributed by atoms with Crippen LogP contribution in [0.15, 0.2) is 0 Å². The fourth-order valence-electron chi connectivity index (χ4n) is 0. The van der Waals surface area contributed by atoms with Crippen LogP contribution in [0.5, 0.6) is 0 Å². The van der Waals surface area contributed by atoms with Crippen molar-refractivity contribution in [2.75, 3.05) is 12.5 Å². The number of hydrogen-bond donors (Lipinski definition) is 2. The predicted octanol–water partition coefficient (Wildman–Crippen LogP) is 0.974. The summed E-state index contributed by atoms with van der Waals surface area (Å²) in [5.41, 5.74) is 4.89. The van der Waals surface area contributed by atoms with E-state index in [9.17, 15) is 4.79 Å². The molecule has 44 valence electrons.